The molecule has 0 spiro atoms. The Morgan fingerprint density at radius 2 is 2.27 bits per heavy atom. The van der Waals surface area contributed by atoms with Crippen LogP contribution in [0.25, 0.3) is 0 Å². The minimum Gasteiger partial charge on any atom is -0.496 e. The summed E-state index contributed by atoms with van der Waals surface area (Å²) in [6.45, 7) is 6.34. The molecule has 2 aliphatic heterocycles. The largest absolute Gasteiger partial charge is 0.496 e. The van der Waals surface area contributed by atoms with Crippen molar-refractivity contribution in [2.24, 2.45) is 0 Å². The van der Waals surface area contributed by atoms with Crippen molar-refractivity contribution in [3.05, 3.63) is 12.3 Å². The maximum atomic E-state index is 11.8. The predicted octanol–water partition coefficient (Wildman–Crippen LogP) is 1.91. The molecule has 1 fully saturated rings. The summed E-state index contributed by atoms with van der Waals surface area (Å²) in [5.74, 6) is 0. The van der Waals surface area contributed by atoms with Crippen LogP contribution in [-0.2, 0) is 9.47 Å². The molecule has 4 nitrogen and oxygen atoms in total. The Kier molecular flexibility index (Phi) is 2.37. The maximum Gasteiger partial charge on any atom is 0.410 e. The zero-order chi connectivity index (χ0) is 11.1. The van der Waals surface area contributed by atoms with Gasteiger partial charge in [0.15, 0.2) is 0 Å². The van der Waals surface area contributed by atoms with E-state index in [1.165, 1.54) is 0 Å². The number of rotatable bonds is 0. The molecule has 4 heteroatoms. The number of hydrogen-bond donors (Lipinski definition) is 0. The molecule has 0 N–H and O–H groups in total. The number of likely N-dealkylation sites (tertiary alicyclic amines) is 1. The summed E-state index contributed by atoms with van der Waals surface area (Å²) in [4.78, 5) is 13.6. The van der Waals surface area contributed by atoms with Crippen LogP contribution in [-0.4, -0.2) is 35.3 Å². The third kappa shape index (κ3) is 2.08. The molecule has 15 heavy (non-hydrogen) atoms. The predicted molar refractivity (Wildman–Crippen MR) is 55.4 cm³/mol. The lowest BCUT2D eigenvalue weighted by molar-refractivity contribution is 0.0226. The number of carbonyl (C=O) groups is 1. The summed E-state index contributed by atoms with van der Waals surface area (Å²) in [6, 6.07) is 0.0693. The highest BCUT2D eigenvalue weighted by atomic mass is 16.6. The van der Waals surface area contributed by atoms with Gasteiger partial charge in [0.2, 0.25) is 0 Å². The molecule has 0 bridgehead atoms. The Morgan fingerprint density at radius 3 is 2.93 bits per heavy atom. The Labute approximate surface area is 89.8 Å². The summed E-state index contributed by atoms with van der Waals surface area (Å²) in [6.07, 6.45) is 4.37. The van der Waals surface area contributed by atoms with E-state index in [9.17, 15) is 4.79 Å². The fraction of sp³-hybridized carbons (Fsp3) is 0.727. The molecule has 0 saturated carbocycles. The monoisotopic (exact) mass is 211 g/mol. The molecule has 0 aromatic carbocycles. The average Bonchev–Trinajstić information content (AvgIpc) is 2.57. The van der Waals surface area contributed by atoms with Crippen LogP contribution in [0.4, 0.5) is 4.79 Å². The standard InChI is InChI=1S/C11H17NO3/c1-11(2,3)15-10(13)12-6-4-9-8(12)5-7-14-9/h5,7-9H,4,6H2,1-3H3/t8-,9-/m1/s1. The zero-order valence-corrected chi connectivity index (χ0v) is 9.40. The van der Waals surface area contributed by atoms with Gasteiger partial charge >= 0.3 is 6.09 Å². The van der Waals surface area contributed by atoms with Crippen molar-refractivity contribution in [1.82, 2.24) is 4.90 Å². The van der Waals surface area contributed by atoms with Gasteiger partial charge < -0.3 is 9.47 Å². The maximum absolute atomic E-state index is 11.8. The number of ether oxygens (including phenoxy) is 2. The summed E-state index contributed by atoms with van der Waals surface area (Å²) >= 11 is 0. The summed E-state index contributed by atoms with van der Waals surface area (Å²) in [5, 5.41) is 0. The summed E-state index contributed by atoms with van der Waals surface area (Å²) in [5.41, 5.74) is -0.432. The summed E-state index contributed by atoms with van der Waals surface area (Å²) in [7, 11) is 0. The van der Waals surface area contributed by atoms with Crippen LogP contribution in [0.3, 0.4) is 0 Å². The Morgan fingerprint density at radius 1 is 1.53 bits per heavy atom. The van der Waals surface area contributed by atoms with E-state index in [-0.39, 0.29) is 18.2 Å². The SMILES string of the molecule is CC(C)(C)OC(=O)N1CC[C@H]2OC=C[C@H]21. The zero-order valence-electron chi connectivity index (χ0n) is 9.40. The third-order valence-corrected chi connectivity index (χ3v) is 2.55. The quantitative estimate of drug-likeness (QED) is 0.614. The Hall–Kier alpha value is -1.19. The smallest absolute Gasteiger partial charge is 0.410 e. The molecule has 0 aromatic rings. The van der Waals surface area contributed by atoms with Crippen LogP contribution in [0.15, 0.2) is 12.3 Å². The van der Waals surface area contributed by atoms with Gasteiger partial charge in [0.1, 0.15) is 11.7 Å². The van der Waals surface area contributed by atoms with Crippen LogP contribution in [0.1, 0.15) is 27.2 Å². The highest BCUT2D eigenvalue weighted by molar-refractivity contribution is 5.69. The van der Waals surface area contributed by atoms with Crippen molar-refractivity contribution >= 4 is 6.09 Å². The molecule has 2 rings (SSSR count). The van der Waals surface area contributed by atoms with E-state index in [4.69, 9.17) is 9.47 Å². The van der Waals surface area contributed by atoms with E-state index in [1.807, 2.05) is 26.8 Å². The van der Waals surface area contributed by atoms with Crippen molar-refractivity contribution in [3.8, 4) is 0 Å². The van der Waals surface area contributed by atoms with Gasteiger partial charge in [0.05, 0.1) is 12.3 Å². The Bertz CT molecular complexity index is 293. The van der Waals surface area contributed by atoms with Crippen molar-refractivity contribution in [2.45, 2.75) is 44.9 Å². The first-order chi connectivity index (χ1) is 6.97. The fourth-order valence-electron chi connectivity index (χ4n) is 1.92. The molecule has 2 heterocycles. The topological polar surface area (TPSA) is 38.8 Å². The van der Waals surface area contributed by atoms with Gasteiger partial charge in [-0.05, 0) is 26.8 Å². The van der Waals surface area contributed by atoms with Gasteiger partial charge in [-0.15, -0.1) is 0 Å². The number of hydrogen-bond acceptors (Lipinski definition) is 3. The molecule has 0 radical (unpaired) electrons. The van der Waals surface area contributed by atoms with E-state index >= 15 is 0 Å². The molecule has 0 unspecified atom stereocenters. The van der Waals surface area contributed by atoms with Crippen LogP contribution in [0.2, 0.25) is 0 Å². The summed E-state index contributed by atoms with van der Waals surface area (Å²) < 4.78 is 10.7. The highest BCUT2D eigenvalue weighted by Crippen LogP contribution is 2.28. The number of fused-ring (bicyclic) bond motifs is 1. The lowest BCUT2D eigenvalue weighted by Gasteiger charge is -2.26. The van der Waals surface area contributed by atoms with Gasteiger partial charge in [0, 0.05) is 13.0 Å². The fourth-order valence-corrected chi connectivity index (χ4v) is 1.92. The third-order valence-electron chi connectivity index (χ3n) is 2.55. The molecular weight excluding hydrogens is 194 g/mol. The van der Waals surface area contributed by atoms with E-state index < -0.39 is 5.60 Å². The van der Waals surface area contributed by atoms with Crippen molar-refractivity contribution in [3.63, 3.8) is 0 Å². The average molecular weight is 211 g/mol. The van der Waals surface area contributed by atoms with E-state index in [2.05, 4.69) is 0 Å². The molecule has 1 amide bonds. The first kappa shape index (κ1) is 10.3. The Balaban J connectivity index is 1.99. The molecule has 0 aliphatic carbocycles. The van der Waals surface area contributed by atoms with Crippen LogP contribution in [0.5, 0.6) is 0 Å². The van der Waals surface area contributed by atoms with Crippen LogP contribution < -0.4 is 0 Å². The minimum absolute atomic E-state index is 0.0693. The van der Waals surface area contributed by atoms with E-state index in [0.717, 1.165) is 6.42 Å². The van der Waals surface area contributed by atoms with Gasteiger partial charge in [-0.2, -0.15) is 0 Å². The molecule has 84 valence electrons. The lowest BCUT2D eigenvalue weighted by Crippen LogP contribution is -2.40. The number of amides is 1. The minimum atomic E-state index is -0.432. The molecule has 1 saturated heterocycles. The van der Waals surface area contributed by atoms with Crippen molar-refractivity contribution in [2.75, 3.05) is 6.54 Å². The second-order valence-electron chi connectivity index (χ2n) is 4.96. The van der Waals surface area contributed by atoms with Gasteiger partial charge in [-0.3, -0.25) is 4.90 Å². The van der Waals surface area contributed by atoms with Crippen molar-refractivity contribution < 1.29 is 14.3 Å². The second-order valence-corrected chi connectivity index (χ2v) is 4.96. The van der Waals surface area contributed by atoms with Crippen molar-refractivity contribution in [1.29, 1.82) is 0 Å². The first-order valence-corrected chi connectivity index (χ1v) is 5.29. The van der Waals surface area contributed by atoms with Crippen LogP contribution in [0, 0.1) is 0 Å². The second kappa shape index (κ2) is 3.43. The van der Waals surface area contributed by atoms with Gasteiger partial charge in [-0.1, -0.05) is 0 Å². The van der Waals surface area contributed by atoms with E-state index in [0.29, 0.717) is 6.54 Å². The molecule has 2 atom stereocenters. The first-order valence-electron chi connectivity index (χ1n) is 5.29. The molecule has 2 aliphatic rings. The van der Waals surface area contributed by atoms with Gasteiger partial charge in [-0.25, -0.2) is 4.79 Å². The van der Waals surface area contributed by atoms with Gasteiger partial charge in [0.25, 0.3) is 0 Å². The lowest BCUT2D eigenvalue weighted by atomic mass is 10.2. The number of carbonyl (C=O) groups excluding carboxylic acids is 1. The molecule has 0 aromatic heterocycles. The highest BCUT2D eigenvalue weighted by Gasteiger charge is 2.40. The molecular formula is C11H17NO3. The number of nitrogens with zero attached hydrogens (tertiary/aromatic N) is 1. The van der Waals surface area contributed by atoms with Crippen LogP contribution >= 0.6 is 0 Å². The normalized spacial score (nSPS) is 28.9. The van der Waals surface area contributed by atoms with E-state index in [1.54, 1.807) is 11.2 Å².